The number of hydrogen-bond donors (Lipinski definition) is 1. The molecule has 0 saturated heterocycles. The van der Waals surface area contributed by atoms with E-state index in [0.29, 0.717) is 24.7 Å². The molecular weight excluding hydrogens is 366 g/mol. The van der Waals surface area contributed by atoms with Gasteiger partial charge < -0.3 is 14.1 Å². The number of H-pyrrole nitrogens is 1. The van der Waals surface area contributed by atoms with Crippen molar-refractivity contribution in [2.75, 3.05) is 7.11 Å². The normalized spacial score (nSPS) is 11.1. The lowest BCUT2D eigenvalue weighted by Gasteiger charge is -2.07. The maximum absolute atomic E-state index is 12.1. The highest BCUT2D eigenvalue weighted by molar-refractivity contribution is 5.60. The van der Waals surface area contributed by atoms with Gasteiger partial charge in [0.1, 0.15) is 0 Å². The molecule has 4 rings (SSSR count). The molecule has 0 aliphatic carbocycles. The highest BCUT2D eigenvalue weighted by Gasteiger charge is 2.11. The van der Waals surface area contributed by atoms with Crippen LogP contribution in [0.5, 0.6) is 0 Å². The Morgan fingerprint density at radius 3 is 2.79 bits per heavy atom. The van der Waals surface area contributed by atoms with Gasteiger partial charge in [-0.25, -0.2) is 9.78 Å². The number of rotatable bonds is 6. The number of nitrogens with one attached hydrogen (secondary N) is 1. The van der Waals surface area contributed by atoms with Crippen LogP contribution in [0, 0.1) is 13.8 Å². The molecule has 2 aromatic carbocycles. The number of oxazole rings is 1. The number of aryl methyl sites for hydroxylation is 2. The summed E-state index contributed by atoms with van der Waals surface area (Å²) in [7, 11) is 1.69. The number of aromatic nitrogens is 3. The third kappa shape index (κ3) is 4.07. The van der Waals surface area contributed by atoms with Crippen LogP contribution in [0.1, 0.15) is 28.3 Å². The summed E-state index contributed by atoms with van der Waals surface area (Å²) >= 11 is 0. The van der Waals surface area contributed by atoms with E-state index in [1.807, 2.05) is 31.2 Å². The number of nitrogens with zero attached hydrogens (tertiary/aromatic N) is 2. The lowest BCUT2D eigenvalue weighted by molar-refractivity contribution is 0.185. The predicted molar refractivity (Wildman–Crippen MR) is 111 cm³/mol. The maximum Gasteiger partial charge on any atom is 0.330 e. The summed E-state index contributed by atoms with van der Waals surface area (Å²) in [6.45, 7) is 4.51. The molecule has 0 amide bonds. The first-order valence-electron chi connectivity index (χ1n) is 9.44. The Balaban J connectivity index is 1.60. The fourth-order valence-corrected chi connectivity index (χ4v) is 3.37. The molecule has 2 heterocycles. The summed E-state index contributed by atoms with van der Waals surface area (Å²) in [5.74, 6) is 1.32. The Labute approximate surface area is 168 Å². The number of ether oxygens (including phenoxy) is 1. The molecule has 0 aliphatic heterocycles. The van der Waals surface area contributed by atoms with Crippen molar-refractivity contribution < 1.29 is 9.15 Å². The minimum Gasteiger partial charge on any atom is -0.440 e. The zero-order valence-corrected chi connectivity index (χ0v) is 16.7. The van der Waals surface area contributed by atoms with E-state index in [0.717, 1.165) is 28.1 Å². The minimum atomic E-state index is -0.163. The van der Waals surface area contributed by atoms with Gasteiger partial charge in [0, 0.05) is 31.0 Å². The molecule has 6 heteroatoms. The number of imidazole rings is 1. The van der Waals surface area contributed by atoms with Crippen LogP contribution in [0.4, 0.5) is 0 Å². The van der Waals surface area contributed by atoms with E-state index in [1.165, 1.54) is 5.56 Å². The minimum absolute atomic E-state index is 0.163. The van der Waals surface area contributed by atoms with E-state index in [1.54, 1.807) is 24.1 Å². The van der Waals surface area contributed by atoms with Crippen LogP contribution in [-0.2, 0) is 17.8 Å². The van der Waals surface area contributed by atoms with Crippen LogP contribution >= 0.6 is 0 Å². The quantitative estimate of drug-likeness (QED) is 0.537. The van der Waals surface area contributed by atoms with E-state index in [4.69, 9.17) is 9.15 Å². The van der Waals surface area contributed by atoms with E-state index in [2.05, 4.69) is 35.1 Å². The van der Waals surface area contributed by atoms with E-state index in [9.17, 15) is 4.79 Å². The molecule has 148 valence electrons. The number of benzene rings is 2. The summed E-state index contributed by atoms with van der Waals surface area (Å²) in [5, 5.41) is 0. The molecule has 0 atom stereocenters. The third-order valence-electron chi connectivity index (χ3n) is 4.87. The molecule has 0 spiro atoms. The summed E-state index contributed by atoms with van der Waals surface area (Å²) in [6, 6.07) is 13.9. The van der Waals surface area contributed by atoms with Gasteiger partial charge in [-0.1, -0.05) is 30.3 Å². The predicted octanol–water partition coefficient (Wildman–Crippen LogP) is 4.17. The van der Waals surface area contributed by atoms with E-state index in [-0.39, 0.29) is 5.69 Å². The lowest BCUT2D eigenvalue weighted by atomic mass is 10.0. The van der Waals surface area contributed by atoms with E-state index < -0.39 is 0 Å². The molecule has 4 aromatic rings. The molecule has 0 aliphatic rings. The van der Waals surface area contributed by atoms with Gasteiger partial charge in [-0.2, -0.15) is 0 Å². The Hall–Kier alpha value is -3.38. The first-order chi connectivity index (χ1) is 14.0. The van der Waals surface area contributed by atoms with Gasteiger partial charge in [0.25, 0.3) is 0 Å². The molecule has 29 heavy (non-hydrogen) atoms. The molecule has 6 nitrogen and oxygen atoms in total. The molecule has 0 radical (unpaired) electrons. The number of aromatic amines is 1. The van der Waals surface area contributed by atoms with Crippen molar-refractivity contribution in [2.24, 2.45) is 0 Å². The van der Waals surface area contributed by atoms with E-state index >= 15 is 0 Å². The van der Waals surface area contributed by atoms with Gasteiger partial charge in [0.2, 0.25) is 0 Å². The van der Waals surface area contributed by atoms with Crippen LogP contribution in [0.2, 0.25) is 0 Å². The van der Waals surface area contributed by atoms with Gasteiger partial charge in [-0.05, 0) is 42.7 Å². The van der Waals surface area contributed by atoms with Gasteiger partial charge in [-0.3, -0.25) is 4.57 Å². The van der Waals surface area contributed by atoms with Crippen LogP contribution < -0.4 is 5.69 Å². The summed E-state index contributed by atoms with van der Waals surface area (Å²) in [4.78, 5) is 19.3. The first-order valence-corrected chi connectivity index (χ1v) is 9.44. The average Bonchev–Trinajstić information content (AvgIpc) is 3.31. The van der Waals surface area contributed by atoms with Crippen LogP contribution in [0.15, 0.2) is 64.1 Å². The monoisotopic (exact) mass is 389 g/mol. The standard InChI is InChI=1S/C23H23N3O3/c1-15-7-8-17(14-28-3)9-19(15)11-22-24-12-21(29-22)18-5-4-6-20(10-18)26-13-16(2)25-23(26)27/h4-10,12-13H,11,14H2,1-3H3,(H,25,27). The van der Waals surface area contributed by atoms with Crippen molar-refractivity contribution in [1.82, 2.24) is 14.5 Å². The Bertz CT molecular complexity index is 1200. The van der Waals surface area contributed by atoms with Crippen molar-refractivity contribution in [1.29, 1.82) is 0 Å². The molecule has 2 aromatic heterocycles. The second-order valence-corrected chi connectivity index (χ2v) is 7.15. The topological polar surface area (TPSA) is 73.1 Å². The second-order valence-electron chi connectivity index (χ2n) is 7.15. The fraction of sp³-hybridized carbons (Fsp3) is 0.217. The Morgan fingerprint density at radius 2 is 2.03 bits per heavy atom. The van der Waals surface area contributed by atoms with Crippen molar-refractivity contribution in [3.63, 3.8) is 0 Å². The molecule has 1 N–H and O–H groups in total. The van der Waals surface area contributed by atoms with Crippen molar-refractivity contribution in [2.45, 2.75) is 26.9 Å². The zero-order chi connectivity index (χ0) is 20.4. The van der Waals surface area contributed by atoms with Crippen LogP contribution in [-0.4, -0.2) is 21.6 Å². The Kier molecular flexibility index (Phi) is 5.18. The number of methoxy groups -OCH3 is 1. The molecular formula is C23H23N3O3. The molecule has 0 bridgehead atoms. The smallest absolute Gasteiger partial charge is 0.330 e. The Morgan fingerprint density at radius 1 is 1.17 bits per heavy atom. The summed E-state index contributed by atoms with van der Waals surface area (Å²) in [5.41, 5.74) is 5.78. The van der Waals surface area contributed by atoms with Gasteiger partial charge in [0.05, 0.1) is 18.5 Å². The second kappa shape index (κ2) is 7.93. The highest BCUT2D eigenvalue weighted by Crippen LogP contribution is 2.24. The van der Waals surface area contributed by atoms with Gasteiger partial charge >= 0.3 is 5.69 Å². The van der Waals surface area contributed by atoms with Crippen LogP contribution in [0.25, 0.3) is 17.0 Å². The third-order valence-corrected chi connectivity index (χ3v) is 4.87. The lowest BCUT2D eigenvalue weighted by Crippen LogP contribution is -2.13. The summed E-state index contributed by atoms with van der Waals surface area (Å²) in [6.07, 6.45) is 4.12. The van der Waals surface area contributed by atoms with Gasteiger partial charge in [0.15, 0.2) is 11.7 Å². The number of hydrogen-bond acceptors (Lipinski definition) is 4. The molecule has 0 fully saturated rings. The maximum atomic E-state index is 12.1. The highest BCUT2D eigenvalue weighted by atomic mass is 16.5. The van der Waals surface area contributed by atoms with Crippen molar-refractivity contribution >= 4 is 0 Å². The van der Waals surface area contributed by atoms with Gasteiger partial charge in [-0.15, -0.1) is 0 Å². The fourth-order valence-electron chi connectivity index (χ4n) is 3.37. The largest absolute Gasteiger partial charge is 0.440 e. The van der Waals surface area contributed by atoms with Crippen LogP contribution in [0.3, 0.4) is 0 Å². The van der Waals surface area contributed by atoms with Crippen molar-refractivity contribution in [3.8, 4) is 17.0 Å². The SMILES string of the molecule is COCc1ccc(C)c(Cc2ncc(-c3cccc(-n4cc(C)[nH]c4=O)c3)o2)c1. The summed E-state index contributed by atoms with van der Waals surface area (Å²) < 4.78 is 12.8. The molecule has 0 saturated carbocycles. The molecule has 0 unspecified atom stereocenters. The zero-order valence-electron chi connectivity index (χ0n) is 16.7. The average molecular weight is 389 g/mol. The van der Waals surface area contributed by atoms with Crippen molar-refractivity contribution in [3.05, 3.63) is 93.6 Å². The first kappa shape index (κ1) is 19.0.